The molecule has 0 aliphatic rings. The minimum Gasteiger partial charge on any atom is -0.478 e. The highest BCUT2D eigenvalue weighted by Gasteiger charge is 2.08. The number of hydrogen-bond donors (Lipinski definition) is 2. The normalized spacial score (nSPS) is 10.6. The van der Waals surface area contributed by atoms with Crippen LogP contribution in [0.25, 0.3) is 10.6 Å². The smallest absolute Gasteiger partial charge is 0.335 e. The predicted molar refractivity (Wildman–Crippen MR) is 95.1 cm³/mol. The summed E-state index contributed by atoms with van der Waals surface area (Å²) in [6.45, 7) is 1.85. The van der Waals surface area contributed by atoms with Crippen LogP contribution in [0.3, 0.4) is 0 Å². The second-order valence-electron chi connectivity index (χ2n) is 5.04. The first-order chi connectivity index (χ1) is 11.5. The number of thiazole rings is 1. The molecule has 7 heteroatoms. The monoisotopic (exact) mass is 360 g/mol. The van der Waals surface area contributed by atoms with Crippen molar-refractivity contribution in [3.63, 3.8) is 0 Å². The molecule has 0 bridgehead atoms. The van der Waals surface area contributed by atoms with Gasteiger partial charge in [0, 0.05) is 28.6 Å². The second kappa shape index (κ2) is 7.02. The highest BCUT2D eigenvalue weighted by Crippen LogP contribution is 2.30. The molecule has 0 spiro atoms. The summed E-state index contributed by atoms with van der Waals surface area (Å²) in [7, 11) is 0. The Morgan fingerprint density at radius 1 is 1.25 bits per heavy atom. The van der Waals surface area contributed by atoms with E-state index in [0.717, 1.165) is 26.8 Å². The number of rotatable bonds is 5. The minimum absolute atomic E-state index is 0.260. The van der Waals surface area contributed by atoms with E-state index in [1.54, 1.807) is 30.3 Å². The van der Waals surface area contributed by atoms with Crippen LogP contribution in [0.15, 0.2) is 52.9 Å². The van der Waals surface area contributed by atoms with Crippen LogP contribution in [0.1, 0.15) is 15.9 Å². The molecule has 4 nitrogen and oxygen atoms in total. The molecule has 1 aromatic heterocycles. The van der Waals surface area contributed by atoms with Gasteiger partial charge in [0.2, 0.25) is 0 Å². The van der Waals surface area contributed by atoms with Crippen LogP contribution in [0.2, 0.25) is 0 Å². The van der Waals surface area contributed by atoms with Crippen molar-refractivity contribution in [3.8, 4) is 10.6 Å². The fourth-order valence-electron chi connectivity index (χ4n) is 2.05. The lowest BCUT2D eigenvalue weighted by Crippen LogP contribution is -1.98. The largest absolute Gasteiger partial charge is 0.478 e. The summed E-state index contributed by atoms with van der Waals surface area (Å²) in [5, 5.41) is 12.5. The maximum Gasteiger partial charge on any atom is 0.335 e. The van der Waals surface area contributed by atoms with E-state index in [2.05, 4.69) is 9.71 Å². The Labute approximate surface area is 146 Å². The second-order valence-corrected chi connectivity index (χ2v) is 6.72. The predicted octanol–water partition coefficient (Wildman–Crippen LogP) is 5.08. The fourth-order valence-corrected chi connectivity index (χ4v) is 3.71. The quantitative estimate of drug-likeness (QED) is 0.622. The number of nitrogens with zero attached hydrogens (tertiary/aromatic N) is 1. The molecule has 0 unspecified atom stereocenters. The van der Waals surface area contributed by atoms with Crippen molar-refractivity contribution in [2.45, 2.75) is 11.9 Å². The highest BCUT2D eigenvalue weighted by atomic mass is 32.2. The number of hydrogen-bond acceptors (Lipinski definition) is 5. The zero-order valence-electron chi connectivity index (χ0n) is 12.6. The molecule has 2 N–H and O–H groups in total. The van der Waals surface area contributed by atoms with Crippen molar-refractivity contribution >= 4 is 34.9 Å². The zero-order chi connectivity index (χ0) is 17.1. The van der Waals surface area contributed by atoms with Crippen LogP contribution >= 0.6 is 23.3 Å². The molecule has 0 saturated heterocycles. The molecule has 0 aliphatic heterocycles. The Morgan fingerprint density at radius 2 is 2.00 bits per heavy atom. The first kappa shape index (κ1) is 16.5. The van der Waals surface area contributed by atoms with Gasteiger partial charge in [-0.25, -0.2) is 14.2 Å². The number of aromatic nitrogens is 1. The number of carboxylic acids is 1. The third-order valence-electron chi connectivity index (χ3n) is 3.31. The van der Waals surface area contributed by atoms with Crippen LogP contribution in [-0.4, -0.2) is 16.1 Å². The zero-order valence-corrected chi connectivity index (χ0v) is 14.2. The summed E-state index contributed by atoms with van der Waals surface area (Å²) in [6, 6.07) is 11.1. The first-order valence-corrected chi connectivity index (χ1v) is 8.71. The molecule has 0 radical (unpaired) electrons. The summed E-state index contributed by atoms with van der Waals surface area (Å²) in [4.78, 5) is 15.4. The molecule has 3 aromatic rings. The molecule has 0 aliphatic carbocycles. The van der Waals surface area contributed by atoms with E-state index in [4.69, 9.17) is 5.11 Å². The first-order valence-electron chi connectivity index (χ1n) is 7.01. The number of aryl methyl sites for hydroxylation is 1. The molecule has 0 atom stereocenters. The van der Waals surface area contributed by atoms with E-state index in [1.807, 2.05) is 12.3 Å². The van der Waals surface area contributed by atoms with Crippen LogP contribution < -0.4 is 4.72 Å². The number of benzene rings is 2. The maximum atomic E-state index is 13.0. The van der Waals surface area contributed by atoms with Crippen molar-refractivity contribution in [1.29, 1.82) is 0 Å². The van der Waals surface area contributed by atoms with Crippen molar-refractivity contribution in [3.05, 3.63) is 64.8 Å². The number of aromatic carboxylic acids is 1. The van der Waals surface area contributed by atoms with Crippen molar-refractivity contribution in [2.75, 3.05) is 4.72 Å². The molecular formula is C17H13FN2O2S2. The lowest BCUT2D eigenvalue weighted by Gasteiger charge is -2.07. The van der Waals surface area contributed by atoms with Gasteiger partial charge >= 0.3 is 5.97 Å². The Kier molecular flexibility index (Phi) is 4.82. The van der Waals surface area contributed by atoms with E-state index in [0.29, 0.717) is 0 Å². The lowest BCUT2D eigenvalue weighted by molar-refractivity contribution is 0.0697. The van der Waals surface area contributed by atoms with Gasteiger partial charge < -0.3 is 9.83 Å². The molecule has 3 rings (SSSR count). The summed E-state index contributed by atoms with van der Waals surface area (Å²) in [5.41, 5.74) is 2.81. The molecule has 1 heterocycles. The average molecular weight is 360 g/mol. The van der Waals surface area contributed by atoms with E-state index < -0.39 is 5.97 Å². The number of halogens is 1. The van der Waals surface area contributed by atoms with Gasteiger partial charge in [0.15, 0.2) is 0 Å². The van der Waals surface area contributed by atoms with Gasteiger partial charge in [0.05, 0.1) is 5.56 Å². The Bertz CT molecular complexity index is 879. The van der Waals surface area contributed by atoms with Gasteiger partial charge in [0.1, 0.15) is 15.9 Å². The SMILES string of the molecule is Cc1cc(C(=O)O)ccc1NSc1csc(-c2ccc(F)cc2)n1. The van der Waals surface area contributed by atoms with Crippen LogP contribution in [-0.2, 0) is 0 Å². The van der Waals surface area contributed by atoms with Gasteiger partial charge in [0.25, 0.3) is 0 Å². The number of nitrogens with one attached hydrogen (secondary N) is 1. The molecular weight excluding hydrogens is 347 g/mol. The molecule has 2 aromatic carbocycles. The van der Waals surface area contributed by atoms with Gasteiger partial charge in [-0.15, -0.1) is 11.3 Å². The number of carbonyl (C=O) groups is 1. The molecule has 0 fully saturated rings. The summed E-state index contributed by atoms with van der Waals surface area (Å²) in [6.07, 6.45) is 0. The fraction of sp³-hybridized carbons (Fsp3) is 0.0588. The number of carboxylic acid groups (broad SMARTS) is 1. The number of anilines is 1. The lowest BCUT2D eigenvalue weighted by atomic mass is 10.1. The Hall–Kier alpha value is -2.38. The topological polar surface area (TPSA) is 62.2 Å². The summed E-state index contributed by atoms with van der Waals surface area (Å²) < 4.78 is 16.1. The van der Waals surface area contributed by atoms with E-state index in [1.165, 1.54) is 35.4 Å². The Balaban J connectivity index is 1.69. The third-order valence-corrected chi connectivity index (χ3v) is 5.09. The highest BCUT2D eigenvalue weighted by molar-refractivity contribution is 8.00. The standard InChI is InChI=1S/C17H13FN2O2S2/c1-10-8-12(17(21)22)4-7-14(10)20-24-15-9-23-16(19-15)11-2-5-13(18)6-3-11/h2-9,20H,1H3,(H,21,22). The van der Waals surface area contributed by atoms with Crippen molar-refractivity contribution in [2.24, 2.45) is 0 Å². The van der Waals surface area contributed by atoms with Crippen molar-refractivity contribution < 1.29 is 14.3 Å². The van der Waals surface area contributed by atoms with Crippen LogP contribution in [0.5, 0.6) is 0 Å². The third kappa shape index (κ3) is 3.74. The maximum absolute atomic E-state index is 13.0. The average Bonchev–Trinajstić information content (AvgIpc) is 3.03. The van der Waals surface area contributed by atoms with E-state index in [9.17, 15) is 9.18 Å². The van der Waals surface area contributed by atoms with Crippen molar-refractivity contribution in [1.82, 2.24) is 4.98 Å². The van der Waals surface area contributed by atoms with Gasteiger partial charge in [-0.2, -0.15) is 0 Å². The molecule has 24 heavy (non-hydrogen) atoms. The van der Waals surface area contributed by atoms with Gasteiger partial charge in [-0.05, 0) is 55.0 Å². The minimum atomic E-state index is -0.944. The summed E-state index contributed by atoms with van der Waals surface area (Å²) in [5.74, 6) is -1.22. The van der Waals surface area contributed by atoms with E-state index in [-0.39, 0.29) is 11.4 Å². The van der Waals surface area contributed by atoms with E-state index >= 15 is 0 Å². The molecule has 0 saturated carbocycles. The molecule has 0 amide bonds. The van der Waals surface area contributed by atoms with Gasteiger partial charge in [-0.1, -0.05) is 0 Å². The van der Waals surface area contributed by atoms with Gasteiger partial charge in [-0.3, -0.25) is 0 Å². The summed E-state index contributed by atoms with van der Waals surface area (Å²) >= 11 is 2.83. The Morgan fingerprint density at radius 3 is 2.67 bits per heavy atom. The van der Waals surface area contributed by atoms with Crippen LogP contribution in [0, 0.1) is 12.7 Å². The van der Waals surface area contributed by atoms with Crippen LogP contribution in [0.4, 0.5) is 10.1 Å². The molecule has 122 valence electrons.